The fourth-order valence-electron chi connectivity index (χ4n) is 3.33. The minimum Gasteiger partial charge on any atom is -0.392 e. The summed E-state index contributed by atoms with van der Waals surface area (Å²) in [5.74, 6) is 0. The van der Waals surface area contributed by atoms with Crippen molar-refractivity contribution in [2.75, 3.05) is 19.5 Å². The Balaban J connectivity index is 0. The predicted molar refractivity (Wildman–Crippen MR) is 141 cm³/mol. The smallest absolute Gasteiger partial charge is 0.264 e. The van der Waals surface area contributed by atoms with Gasteiger partial charge in [-0.1, -0.05) is 128 Å². The number of aliphatic hydroxyl groups excluding tert-OH is 1. The molecule has 192 valence electrons. The van der Waals surface area contributed by atoms with Gasteiger partial charge in [-0.25, -0.2) is 0 Å². The first-order valence-corrected chi connectivity index (χ1v) is 15.0. The highest BCUT2D eigenvalue weighted by molar-refractivity contribution is 7.85. The Bertz CT molecular complexity index is 498. The van der Waals surface area contributed by atoms with Gasteiger partial charge in [-0.3, -0.25) is 4.18 Å². The lowest BCUT2D eigenvalue weighted by Crippen LogP contribution is -2.01. The maximum atomic E-state index is 10.7. The van der Waals surface area contributed by atoms with Crippen molar-refractivity contribution in [3.05, 3.63) is 24.3 Å². The van der Waals surface area contributed by atoms with E-state index in [1.165, 1.54) is 103 Å². The van der Waals surface area contributed by atoms with E-state index in [2.05, 4.69) is 24.1 Å². The third-order valence-corrected chi connectivity index (χ3v) is 5.83. The zero-order chi connectivity index (χ0) is 24.2. The average molecular weight is 475 g/mol. The maximum Gasteiger partial charge on any atom is 0.264 e. The molecule has 0 fully saturated rings. The molecule has 0 aliphatic rings. The van der Waals surface area contributed by atoms with Crippen molar-refractivity contribution in [1.29, 1.82) is 0 Å². The molecule has 0 atom stereocenters. The number of allylic oxidation sites excluding steroid dienone is 2. The summed E-state index contributed by atoms with van der Waals surface area (Å²) in [6, 6.07) is 0. The monoisotopic (exact) mass is 474 g/mol. The van der Waals surface area contributed by atoms with Crippen LogP contribution in [0.25, 0.3) is 0 Å². The minimum absolute atomic E-state index is 0.163. The van der Waals surface area contributed by atoms with Gasteiger partial charge in [0.2, 0.25) is 0 Å². The van der Waals surface area contributed by atoms with Gasteiger partial charge in [0.25, 0.3) is 10.1 Å². The number of unbranched alkanes of at least 4 members (excludes halogenated alkanes) is 16. The van der Waals surface area contributed by atoms with Gasteiger partial charge in [0.1, 0.15) is 0 Å². The maximum absolute atomic E-state index is 10.7. The third kappa shape index (κ3) is 36.7. The quantitative estimate of drug-likeness (QED) is 0.0977. The minimum atomic E-state index is -3.29. The zero-order valence-corrected chi connectivity index (χ0v) is 22.3. The fourth-order valence-corrected chi connectivity index (χ4v) is 3.66. The lowest BCUT2D eigenvalue weighted by molar-refractivity contribution is 0.342. The van der Waals surface area contributed by atoms with Crippen LogP contribution in [0.1, 0.15) is 129 Å². The van der Waals surface area contributed by atoms with E-state index < -0.39 is 10.1 Å². The Morgan fingerprint density at radius 1 is 0.594 bits per heavy atom. The van der Waals surface area contributed by atoms with E-state index in [9.17, 15) is 8.42 Å². The van der Waals surface area contributed by atoms with Gasteiger partial charge < -0.3 is 5.11 Å². The molecule has 0 amide bonds. The normalized spacial score (nSPS) is 11.9. The Labute approximate surface area is 201 Å². The molecule has 0 saturated heterocycles. The van der Waals surface area contributed by atoms with E-state index in [1.54, 1.807) is 6.08 Å². The van der Waals surface area contributed by atoms with Crippen LogP contribution >= 0.6 is 0 Å². The molecule has 0 aromatic rings. The number of hydrogen-bond acceptors (Lipinski definition) is 4. The molecule has 0 aromatic carbocycles. The van der Waals surface area contributed by atoms with E-state index in [4.69, 9.17) is 5.11 Å². The van der Waals surface area contributed by atoms with E-state index in [1.807, 2.05) is 12.2 Å². The lowest BCUT2D eigenvalue weighted by Gasteiger charge is -2.00. The molecule has 0 unspecified atom stereocenters. The predicted octanol–water partition coefficient (Wildman–Crippen LogP) is 8.12. The Hall–Kier alpha value is -0.650. The zero-order valence-electron chi connectivity index (χ0n) is 21.5. The third-order valence-electron chi connectivity index (χ3n) is 5.27. The van der Waals surface area contributed by atoms with Crippen LogP contribution in [0.3, 0.4) is 0 Å². The van der Waals surface area contributed by atoms with Gasteiger partial charge >= 0.3 is 0 Å². The average Bonchev–Trinajstić information content (AvgIpc) is 2.75. The molecule has 0 heterocycles. The van der Waals surface area contributed by atoms with Crippen molar-refractivity contribution >= 4 is 10.1 Å². The molecule has 0 rings (SSSR count). The topological polar surface area (TPSA) is 63.6 Å². The highest BCUT2D eigenvalue weighted by Gasteiger charge is 1.97. The van der Waals surface area contributed by atoms with E-state index in [-0.39, 0.29) is 13.2 Å². The first-order valence-electron chi connectivity index (χ1n) is 13.2. The highest BCUT2D eigenvalue weighted by Crippen LogP contribution is 2.10. The highest BCUT2D eigenvalue weighted by atomic mass is 32.2. The molecule has 1 N–H and O–H groups in total. The molecule has 32 heavy (non-hydrogen) atoms. The lowest BCUT2D eigenvalue weighted by atomic mass is 10.1. The molecule has 0 radical (unpaired) electrons. The summed E-state index contributed by atoms with van der Waals surface area (Å²) in [4.78, 5) is 0. The molecule has 0 spiro atoms. The summed E-state index contributed by atoms with van der Waals surface area (Å²) in [5, 5.41) is 8.50. The summed E-state index contributed by atoms with van der Waals surface area (Å²) in [6.07, 6.45) is 32.4. The van der Waals surface area contributed by atoms with Crippen molar-refractivity contribution < 1.29 is 17.7 Å². The van der Waals surface area contributed by atoms with Crippen LogP contribution in [-0.2, 0) is 14.3 Å². The summed E-state index contributed by atoms with van der Waals surface area (Å²) < 4.78 is 25.9. The molecule has 0 aliphatic carbocycles. The van der Waals surface area contributed by atoms with Gasteiger partial charge in [-0.2, -0.15) is 8.42 Å². The van der Waals surface area contributed by atoms with Crippen LogP contribution in [0.2, 0.25) is 0 Å². The largest absolute Gasteiger partial charge is 0.392 e. The molecule has 0 saturated carbocycles. The van der Waals surface area contributed by atoms with Crippen LogP contribution < -0.4 is 0 Å². The van der Waals surface area contributed by atoms with Gasteiger partial charge in [0, 0.05) is 0 Å². The summed E-state index contributed by atoms with van der Waals surface area (Å²) in [6.45, 7) is 4.85. The molecule has 5 heteroatoms. The summed E-state index contributed by atoms with van der Waals surface area (Å²) >= 11 is 0. The molecule has 0 aliphatic heterocycles. The molecule has 4 nitrogen and oxygen atoms in total. The second kappa shape index (κ2) is 28.4. The summed E-state index contributed by atoms with van der Waals surface area (Å²) in [5.41, 5.74) is 0. The fraction of sp³-hybridized carbons (Fsp3) is 0.852. The van der Waals surface area contributed by atoms with Crippen molar-refractivity contribution in [2.45, 2.75) is 129 Å². The second-order valence-corrected chi connectivity index (χ2v) is 10.3. The molecular formula is C27H54O4S. The van der Waals surface area contributed by atoms with Crippen LogP contribution in [0.4, 0.5) is 0 Å². The number of aliphatic hydroxyl groups is 1. The van der Waals surface area contributed by atoms with Crippen LogP contribution in [0, 0.1) is 0 Å². The Kier molecular flexibility index (Phi) is 29.7. The van der Waals surface area contributed by atoms with Crippen LogP contribution in [-0.4, -0.2) is 33.0 Å². The first-order chi connectivity index (χ1) is 15.5. The Morgan fingerprint density at radius 3 is 1.34 bits per heavy atom. The van der Waals surface area contributed by atoms with Crippen molar-refractivity contribution in [1.82, 2.24) is 0 Å². The van der Waals surface area contributed by atoms with E-state index in [0.29, 0.717) is 0 Å². The Morgan fingerprint density at radius 2 is 0.969 bits per heavy atom. The van der Waals surface area contributed by atoms with Gasteiger partial charge in [-0.05, 0) is 25.7 Å². The van der Waals surface area contributed by atoms with Crippen LogP contribution in [0.15, 0.2) is 24.3 Å². The standard InChI is InChI=1S/C14H28O3S.C13H26O/c1-3-4-5-6-7-8-9-10-11-12-13-14-17-18(2,15)16;1-2-3-4-5-6-7-8-9-10-11-12-13-14/h12-13H,3-11,14H2,1-2H3;11-12,14H,2-10,13H2,1H3. The van der Waals surface area contributed by atoms with Crippen molar-refractivity contribution in [2.24, 2.45) is 0 Å². The van der Waals surface area contributed by atoms with E-state index >= 15 is 0 Å². The van der Waals surface area contributed by atoms with Gasteiger partial charge in [0.05, 0.1) is 19.5 Å². The van der Waals surface area contributed by atoms with Gasteiger partial charge in [0.15, 0.2) is 0 Å². The first kappa shape index (κ1) is 33.5. The second-order valence-electron chi connectivity index (χ2n) is 8.64. The number of hydrogen-bond donors (Lipinski definition) is 1. The van der Waals surface area contributed by atoms with E-state index in [0.717, 1.165) is 19.1 Å². The van der Waals surface area contributed by atoms with Gasteiger partial charge in [-0.15, -0.1) is 0 Å². The molecule has 0 aromatic heterocycles. The van der Waals surface area contributed by atoms with Crippen molar-refractivity contribution in [3.63, 3.8) is 0 Å². The van der Waals surface area contributed by atoms with Crippen LogP contribution in [0.5, 0.6) is 0 Å². The molecular weight excluding hydrogens is 420 g/mol. The van der Waals surface area contributed by atoms with Crippen molar-refractivity contribution in [3.8, 4) is 0 Å². The number of rotatable bonds is 22. The molecule has 0 bridgehead atoms. The summed E-state index contributed by atoms with van der Waals surface area (Å²) in [7, 11) is -3.29. The SMILES string of the molecule is CCCCCCCCCCC=CCO.CCCCCCCCCCC=CCOS(C)(=O)=O.